The van der Waals surface area contributed by atoms with Gasteiger partial charge in [-0.15, -0.1) is 0 Å². The average molecular weight is 294 g/mol. The van der Waals surface area contributed by atoms with Crippen molar-refractivity contribution in [2.75, 3.05) is 18.0 Å². The molecule has 1 aromatic heterocycles. The highest BCUT2D eigenvalue weighted by Gasteiger charge is 2.13. The van der Waals surface area contributed by atoms with Gasteiger partial charge in [0.25, 0.3) is 0 Å². The number of hydrogen-bond acceptors (Lipinski definition) is 2. The summed E-state index contributed by atoms with van der Waals surface area (Å²) < 4.78 is 13.2. The van der Waals surface area contributed by atoms with E-state index in [0.29, 0.717) is 0 Å². The molecule has 2 aromatic carbocycles. The van der Waals surface area contributed by atoms with Gasteiger partial charge in [0.1, 0.15) is 5.82 Å². The van der Waals surface area contributed by atoms with Crippen LogP contribution in [-0.2, 0) is 0 Å². The van der Waals surface area contributed by atoms with Crippen LogP contribution in [0.4, 0.5) is 10.1 Å². The molecule has 2 nitrogen and oxygen atoms in total. The van der Waals surface area contributed by atoms with Crippen LogP contribution in [0.1, 0.15) is 13.8 Å². The van der Waals surface area contributed by atoms with Crippen molar-refractivity contribution in [1.82, 2.24) is 4.98 Å². The highest BCUT2D eigenvalue weighted by Crippen LogP contribution is 2.32. The lowest BCUT2D eigenvalue weighted by atomic mass is 10.1. The molecule has 0 spiro atoms. The lowest BCUT2D eigenvalue weighted by Gasteiger charge is -2.24. The van der Waals surface area contributed by atoms with Gasteiger partial charge in [-0.1, -0.05) is 18.2 Å². The van der Waals surface area contributed by atoms with Crippen LogP contribution in [0.15, 0.2) is 54.6 Å². The second-order valence-corrected chi connectivity index (χ2v) is 5.23. The number of nitrogens with zero attached hydrogens (tertiary/aromatic N) is 2. The fourth-order valence-corrected chi connectivity index (χ4v) is 2.73. The van der Waals surface area contributed by atoms with E-state index < -0.39 is 0 Å². The second-order valence-electron chi connectivity index (χ2n) is 5.23. The van der Waals surface area contributed by atoms with Gasteiger partial charge in [-0.05, 0) is 50.2 Å². The molecule has 0 bridgehead atoms. The van der Waals surface area contributed by atoms with E-state index in [2.05, 4.69) is 30.9 Å². The highest BCUT2D eigenvalue weighted by atomic mass is 19.1. The number of halogens is 1. The Hall–Kier alpha value is -2.42. The SMILES string of the molecule is CCN(CC)c1cc2ccccc2nc1-c1ccc(F)cc1. The van der Waals surface area contributed by atoms with Gasteiger partial charge in [0.05, 0.1) is 16.9 Å². The van der Waals surface area contributed by atoms with Crippen LogP contribution in [0.2, 0.25) is 0 Å². The lowest BCUT2D eigenvalue weighted by molar-refractivity contribution is 0.628. The normalized spacial score (nSPS) is 10.9. The number of benzene rings is 2. The first-order valence-electron chi connectivity index (χ1n) is 7.63. The number of pyridine rings is 1. The van der Waals surface area contributed by atoms with E-state index in [1.807, 2.05) is 18.2 Å². The topological polar surface area (TPSA) is 16.1 Å². The first kappa shape index (κ1) is 14.5. The maximum absolute atomic E-state index is 13.2. The molecule has 0 unspecified atom stereocenters. The number of anilines is 1. The Bertz CT molecular complexity index is 777. The Morgan fingerprint density at radius 1 is 0.955 bits per heavy atom. The molecule has 3 rings (SSSR count). The van der Waals surface area contributed by atoms with E-state index in [1.165, 1.54) is 12.1 Å². The monoisotopic (exact) mass is 294 g/mol. The average Bonchev–Trinajstić information content (AvgIpc) is 2.56. The van der Waals surface area contributed by atoms with Gasteiger partial charge in [-0.2, -0.15) is 0 Å². The van der Waals surface area contributed by atoms with Gasteiger partial charge < -0.3 is 4.90 Å². The molecule has 0 fully saturated rings. The van der Waals surface area contributed by atoms with E-state index in [0.717, 1.165) is 40.9 Å². The Balaban J connectivity index is 2.24. The van der Waals surface area contributed by atoms with Gasteiger partial charge in [0.2, 0.25) is 0 Å². The summed E-state index contributed by atoms with van der Waals surface area (Å²) in [6, 6.07) is 16.8. The van der Waals surface area contributed by atoms with Crippen molar-refractivity contribution in [2.45, 2.75) is 13.8 Å². The molecule has 0 N–H and O–H groups in total. The van der Waals surface area contributed by atoms with Crippen molar-refractivity contribution in [3.05, 3.63) is 60.4 Å². The smallest absolute Gasteiger partial charge is 0.123 e. The number of rotatable bonds is 4. The molecule has 0 aliphatic carbocycles. The van der Waals surface area contributed by atoms with E-state index in [1.54, 1.807) is 12.1 Å². The van der Waals surface area contributed by atoms with Crippen molar-refractivity contribution in [3.63, 3.8) is 0 Å². The largest absolute Gasteiger partial charge is 0.370 e. The van der Waals surface area contributed by atoms with Crippen LogP contribution in [0, 0.1) is 5.82 Å². The predicted molar refractivity (Wildman–Crippen MR) is 90.7 cm³/mol. The van der Waals surface area contributed by atoms with Crippen molar-refractivity contribution < 1.29 is 4.39 Å². The Morgan fingerprint density at radius 3 is 2.32 bits per heavy atom. The van der Waals surface area contributed by atoms with Gasteiger partial charge in [-0.3, -0.25) is 0 Å². The molecule has 1 heterocycles. The molecule has 0 atom stereocenters. The third-order valence-corrected chi connectivity index (χ3v) is 3.93. The molecule has 0 saturated carbocycles. The van der Waals surface area contributed by atoms with Gasteiger partial charge in [-0.25, -0.2) is 9.37 Å². The maximum atomic E-state index is 13.2. The number of aromatic nitrogens is 1. The van der Waals surface area contributed by atoms with E-state index in [4.69, 9.17) is 4.98 Å². The Kier molecular flexibility index (Phi) is 4.05. The number of hydrogen-bond donors (Lipinski definition) is 0. The summed E-state index contributed by atoms with van der Waals surface area (Å²) in [5.74, 6) is -0.228. The van der Waals surface area contributed by atoms with Crippen molar-refractivity contribution >= 4 is 16.6 Å². The summed E-state index contributed by atoms with van der Waals surface area (Å²) in [6.07, 6.45) is 0. The molecular formula is C19H19FN2. The molecule has 0 amide bonds. The third kappa shape index (κ3) is 2.67. The van der Waals surface area contributed by atoms with E-state index in [-0.39, 0.29) is 5.82 Å². The van der Waals surface area contributed by atoms with Crippen LogP contribution in [0.3, 0.4) is 0 Å². The first-order valence-corrected chi connectivity index (χ1v) is 7.63. The van der Waals surface area contributed by atoms with Crippen LogP contribution in [0.25, 0.3) is 22.2 Å². The first-order chi connectivity index (χ1) is 10.7. The fraction of sp³-hybridized carbons (Fsp3) is 0.211. The summed E-state index contributed by atoms with van der Waals surface area (Å²) in [5.41, 5.74) is 3.89. The van der Waals surface area contributed by atoms with Crippen LogP contribution < -0.4 is 4.90 Å². The second kappa shape index (κ2) is 6.14. The van der Waals surface area contributed by atoms with Crippen molar-refractivity contribution in [3.8, 4) is 11.3 Å². The van der Waals surface area contributed by atoms with Crippen molar-refractivity contribution in [2.24, 2.45) is 0 Å². The minimum atomic E-state index is -0.228. The fourth-order valence-electron chi connectivity index (χ4n) is 2.73. The molecule has 112 valence electrons. The quantitative estimate of drug-likeness (QED) is 0.681. The zero-order chi connectivity index (χ0) is 15.5. The summed E-state index contributed by atoms with van der Waals surface area (Å²) in [6.45, 7) is 6.08. The van der Waals surface area contributed by atoms with E-state index in [9.17, 15) is 4.39 Å². The molecule has 0 radical (unpaired) electrons. The summed E-state index contributed by atoms with van der Waals surface area (Å²) in [5, 5.41) is 1.12. The molecule has 0 aliphatic rings. The Morgan fingerprint density at radius 2 is 1.64 bits per heavy atom. The summed E-state index contributed by atoms with van der Waals surface area (Å²) in [7, 11) is 0. The lowest BCUT2D eigenvalue weighted by Crippen LogP contribution is -2.22. The zero-order valence-electron chi connectivity index (χ0n) is 12.9. The van der Waals surface area contributed by atoms with Crippen LogP contribution in [-0.4, -0.2) is 18.1 Å². The number of fused-ring (bicyclic) bond motifs is 1. The summed E-state index contributed by atoms with van der Waals surface area (Å²) >= 11 is 0. The van der Waals surface area contributed by atoms with Crippen LogP contribution >= 0.6 is 0 Å². The minimum Gasteiger partial charge on any atom is -0.370 e. The number of para-hydroxylation sites is 1. The zero-order valence-corrected chi connectivity index (χ0v) is 12.9. The molecule has 0 saturated heterocycles. The maximum Gasteiger partial charge on any atom is 0.123 e. The molecule has 3 aromatic rings. The summed E-state index contributed by atoms with van der Waals surface area (Å²) in [4.78, 5) is 7.10. The van der Waals surface area contributed by atoms with Crippen molar-refractivity contribution in [1.29, 1.82) is 0 Å². The standard InChI is InChI=1S/C19H19FN2/c1-3-22(4-2)18-13-15-7-5-6-8-17(15)21-19(18)14-9-11-16(20)12-10-14/h5-13H,3-4H2,1-2H3. The predicted octanol–water partition coefficient (Wildman–Crippen LogP) is 4.89. The molecular weight excluding hydrogens is 275 g/mol. The molecule has 22 heavy (non-hydrogen) atoms. The molecule has 3 heteroatoms. The highest BCUT2D eigenvalue weighted by molar-refractivity contribution is 5.89. The third-order valence-electron chi connectivity index (χ3n) is 3.93. The van der Waals surface area contributed by atoms with Gasteiger partial charge in [0.15, 0.2) is 0 Å². The van der Waals surface area contributed by atoms with E-state index >= 15 is 0 Å². The van der Waals surface area contributed by atoms with Gasteiger partial charge >= 0.3 is 0 Å². The van der Waals surface area contributed by atoms with Crippen LogP contribution in [0.5, 0.6) is 0 Å². The minimum absolute atomic E-state index is 0.228. The molecule has 0 aliphatic heterocycles. The van der Waals surface area contributed by atoms with Gasteiger partial charge in [0, 0.05) is 24.0 Å². The Labute approximate surface area is 130 Å².